The van der Waals surface area contributed by atoms with Crippen LogP contribution in [0.4, 0.5) is 13.2 Å². The second kappa shape index (κ2) is 8.74. The molecule has 5 unspecified atom stereocenters. The molecule has 1 aliphatic carbocycles. The Morgan fingerprint density at radius 2 is 1.83 bits per heavy atom. The summed E-state index contributed by atoms with van der Waals surface area (Å²) in [7, 11) is 1.93. The summed E-state index contributed by atoms with van der Waals surface area (Å²) in [6.07, 6.45) is -0.396. The van der Waals surface area contributed by atoms with Crippen LogP contribution in [-0.4, -0.2) is 73.1 Å². The molecule has 4 rings (SSSR count). The number of amides is 1. The molecular formula is C20H33F3N6O. The van der Waals surface area contributed by atoms with Crippen LogP contribution in [0.1, 0.15) is 32.1 Å². The minimum absolute atomic E-state index is 0.0445. The first kappa shape index (κ1) is 22.0. The largest absolute Gasteiger partial charge is 0.391 e. The molecule has 30 heavy (non-hydrogen) atoms. The van der Waals surface area contributed by atoms with Crippen molar-refractivity contribution in [2.75, 3.05) is 26.7 Å². The highest BCUT2D eigenvalue weighted by molar-refractivity contribution is 5.87. The number of carbonyl (C=O) groups is 1. The van der Waals surface area contributed by atoms with Gasteiger partial charge in [-0.2, -0.15) is 18.3 Å². The highest BCUT2D eigenvalue weighted by Crippen LogP contribution is 2.41. The Kier molecular flexibility index (Phi) is 6.41. The van der Waals surface area contributed by atoms with Gasteiger partial charge in [0.15, 0.2) is 0 Å². The molecule has 7 nitrogen and oxygen atoms in total. The number of alkyl halides is 3. The van der Waals surface area contributed by atoms with Gasteiger partial charge in [0.1, 0.15) is 0 Å². The van der Waals surface area contributed by atoms with Gasteiger partial charge in [-0.3, -0.25) is 15.4 Å². The summed E-state index contributed by atoms with van der Waals surface area (Å²) >= 11 is 0. The molecule has 170 valence electrons. The van der Waals surface area contributed by atoms with Gasteiger partial charge in [-0.1, -0.05) is 6.58 Å². The third kappa shape index (κ3) is 4.52. The number of hydrogen-bond acceptors (Lipinski definition) is 6. The van der Waals surface area contributed by atoms with E-state index in [1.807, 2.05) is 17.1 Å². The van der Waals surface area contributed by atoms with Gasteiger partial charge in [-0.25, -0.2) is 10.9 Å². The molecule has 0 aromatic heterocycles. The SMILES string of the molecule is C=CC(=O)N1CCC2C(C1)NC(C1CCC(C(F)(F)F)CC1)NC2C1CNN(C)N1. The van der Waals surface area contributed by atoms with Crippen LogP contribution in [0.2, 0.25) is 0 Å². The molecule has 3 saturated heterocycles. The van der Waals surface area contributed by atoms with Crippen molar-refractivity contribution < 1.29 is 18.0 Å². The minimum Gasteiger partial charge on any atom is -0.338 e. The lowest BCUT2D eigenvalue weighted by atomic mass is 9.75. The summed E-state index contributed by atoms with van der Waals surface area (Å²) in [5.41, 5.74) is 6.71. The maximum Gasteiger partial charge on any atom is 0.391 e. The first-order valence-corrected chi connectivity index (χ1v) is 11.0. The van der Waals surface area contributed by atoms with Crippen molar-refractivity contribution in [3.05, 3.63) is 12.7 Å². The number of halogens is 3. The first-order chi connectivity index (χ1) is 14.3. The number of fused-ring (bicyclic) bond motifs is 1. The molecule has 10 heteroatoms. The van der Waals surface area contributed by atoms with Crippen LogP contribution in [0, 0.1) is 17.8 Å². The third-order valence-corrected chi connectivity index (χ3v) is 7.43. The number of nitrogens with one attached hydrogen (secondary N) is 4. The molecule has 0 radical (unpaired) electrons. The third-order valence-electron chi connectivity index (χ3n) is 7.43. The van der Waals surface area contributed by atoms with Crippen molar-refractivity contribution in [1.29, 1.82) is 0 Å². The zero-order valence-electron chi connectivity index (χ0n) is 17.4. The predicted octanol–water partition coefficient (Wildman–Crippen LogP) is 0.969. The maximum absolute atomic E-state index is 13.1. The quantitative estimate of drug-likeness (QED) is 0.501. The van der Waals surface area contributed by atoms with E-state index >= 15 is 0 Å². The zero-order chi connectivity index (χ0) is 21.5. The van der Waals surface area contributed by atoms with Crippen LogP contribution in [-0.2, 0) is 4.79 Å². The van der Waals surface area contributed by atoms with Gasteiger partial charge in [0.05, 0.1) is 18.1 Å². The van der Waals surface area contributed by atoms with Crippen molar-refractivity contribution in [2.24, 2.45) is 17.8 Å². The molecule has 1 saturated carbocycles. The van der Waals surface area contributed by atoms with Crippen molar-refractivity contribution >= 4 is 5.91 Å². The van der Waals surface area contributed by atoms with Gasteiger partial charge < -0.3 is 4.90 Å². The van der Waals surface area contributed by atoms with Gasteiger partial charge in [0, 0.05) is 38.8 Å². The van der Waals surface area contributed by atoms with Crippen LogP contribution in [0.15, 0.2) is 12.7 Å². The second-order valence-electron chi connectivity index (χ2n) is 9.19. The van der Waals surface area contributed by atoms with Crippen LogP contribution in [0.25, 0.3) is 0 Å². The molecular weight excluding hydrogens is 397 g/mol. The summed E-state index contributed by atoms with van der Waals surface area (Å²) in [6, 6.07) is 0.493. The Bertz CT molecular complexity index is 639. The molecule has 4 fully saturated rings. The minimum atomic E-state index is -4.09. The molecule has 1 amide bonds. The van der Waals surface area contributed by atoms with Crippen molar-refractivity contribution in [3.63, 3.8) is 0 Å². The van der Waals surface area contributed by atoms with E-state index < -0.39 is 12.1 Å². The lowest BCUT2D eigenvalue weighted by Gasteiger charge is -2.52. The summed E-state index contributed by atoms with van der Waals surface area (Å²) in [6.45, 7) is 5.70. The number of carbonyl (C=O) groups excluding carboxylic acids is 1. The Hall–Kier alpha value is -1.20. The Morgan fingerprint density at radius 1 is 1.10 bits per heavy atom. The number of hydrazine groups is 2. The molecule has 5 atom stereocenters. The Labute approximate surface area is 175 Å². The zero-order valence-corrected chi connectivity index (χ0v) is 17.4. The fourth-order valence-electron chi connectivity index (χ4n) is 5.76. The highest BCUT2D eigenvalue weighted by atomic mass is 19.4. The van der Waals surface area contributed by atoms with E-state index in [2.05, 4.69) is 28.1 Å². The van der Waals surface area contributed by atoms with Gasteiger partial charge in [-0.15, -0.1) is 0 Å². The fourth-order valence-corrected chi connectivity index (χ4v) is 5.76. The van der Waals surface area contributed by atoms with Crippen LogP contribution < -0.4 is 21.5 Å². The standard InChI is InChI=1S/C20H33F3N6O/c1-3-17(30)29-9-8-14-16(11-29)25-19(26-18(14)15-10-24-28(2)27-15)12-4-6-13(7-5-12)20(21,22)23/h3,12-16,18-19,24-27H,1,4-11H2,2H3. The van der Waals surface area contributed by atoms with E-state index in [0.717, 1.165) is 13.0 Å². The number of rotatable bonds is 3. The van der Waals surface area contributed by atoms with Gasteiger partial charge in [-0.05, 0) is 50.0 Å². The number of likely N-dealkylation sites (tertiary alicyclic amines) is 1. The fraction of sp³-hybridized carbons (Fsp3) is 0.850. The summed E-state index contributed by atoms with van der Waals surface area (Å²) < 4.78 is 39.3. The van der Waals surface area contributed by atoms with Gasteiger partial charge >= 0.3 is 6.18 Å². The van der Waals surface area contributed by atoms with E-state index in [0.29, 0.717) is 31.8 Å². The van der Waals surface area contributed by atoms with E-state index in [1.54, 1.807) is 0 Å². The normalized spacial score (nSPS) is 40.8. The first-order valence-electron chi connectivity index (χ1n) is 11.0. The van der Waals surface area contributed by atoms with E-state index in [-0.39, 0.29) is 49.0 Å². The monoisotopic (exact) mass is 430 g/mol. The van der Waals surface area contributed by atoms with Crippen molar-refractivity contribution in [2.45, 2.75) is 62.6 Å². The van der Waals surface area contributed by atoms with Gasteiger partial charge in [0.25, 0.3) is 0 Å². The van der Waals surface area contributed by atoms with Crippen LogP contribution in [0.5, 0.6) is 0 Å². The topological polar surface area (TPSA) is 71.7 Å². The second-order valence-corrected chi connectivity index (χ2v) is 9.19. The summed E-state index contributed by atoms with van der Waals surface area (Å²) in [5.74, 6) is -0.740. The van der Waals surface area contributed by atoms with Crippen LogP contribution in [0.3, 0.4) is 0 Å². The molecule has 0 aromatic rings. The van der Waals surface area contributed by atoms with E-state index in [1.165, 1.54) is 6.08 Å². The highest BCUT2D eigenvalue weighted by Gasteiger charge is 2.48. The molecule has 0 bridgehead atoms. The molecule has 3 aliphatic heterocycles. The summed E-state index contributed by atoms with van der Waals surface area (Å²) in [5, 5.41) is 9.29. The molecule has 0 aromatic carbocycles. The lowest BCUT2D eigenvalue weighted by molar-refractivity contribution is -0.185. The molecule has 0 spiro atoms. The van der Waals surface area contributed by atoms with Gasteiger partial charge in [0.2, 0.25) is 5.91 Å². The number of piperidine rings is 1. The predicted molar refractivity (Wildman–Crippen MR) is 107 cm³/mol. The lowest BCUT2D eigenvalue weighted by Crippen LogP contribution is -2.73. The Balaban J connectivity index is 1.47. The molecule has 4 N–H and O–H groups in total. The maximum atomic E-state index is 13.1. The van der Waals surface area contributed by atoms with E-state index in [9.17, 15) is 18.0 Å². The molecule has 3 heterocycles. The van der Waals surface area contributed by atoms with Crippen LogP contribution >= 0.6 is 0 Å². The Morgan fingerprint density at radius 3 is 2.43 bits per heavy atom. The average Bonchev–Trinajstić information content (AvgIpc) is 3.17. The average molecular weight is 431 g/mol. The van der Waals surface area contributed by atoms with E-state index in [4.69, 9.17) is 0 Å². The van der Waals surface area contributed by atoms with Crippen molar-refractivity contribution in [1.82, 2.24) is 31.5 Å². The number of hydrogen-bond donors (Lipinski definition) is 4. The van der Waals surface area contributed by atoms with Crippen molar-refractivity contribution in [3.8, 4) is 0 Å². The molecule has 4 aliphatic rings. The smallest absolute Gasteiger partial charge is 0.338 e. The summed E-state index contributed by atoms with van der Waals surface area (Å²) in [4.78, 5) is 14.0. The number of nitrogens with zero attached hydrogens (tertiary/aromatic N) is 2.